The number of carboxylic acids is 1. The summed E-state index contributed by atoms with van der Waals surface area (Å²) in [6, 6.07) is 21.7. The predicted molar refractivity (Wildman–Crippen MR) is 156 cm³/mol. The molecule has 0 fully saturated rings. The van der Waals surface area contributed by atoms with Crippen molar-refractivity contribution in [3.05, 3.63) is 90.8 Å². The van der Waals surface area contributed by atoms with Gasteiger partial charge in [0.05, 0.1) is 39.7 Å². The van der Waals surface area contributed by atoms with Crippen LogP contribution in [0.25, 0.3) is 22.8 Å². The van der Waals surface area contributed by atoms with Gasteiger partial charge >= 0.3 is 135 Å². The van der Waals surface area contributed by atoms with Crippen molar-refractivity contribution in [2.24, 2.45) is 0 Å². The molecular weight excluding hydrogens is 932 g/mol. The molecule has 9 nitrogen and oxygen atoms in total. The fourth-order valence-electron chi connectivity index (χ4n) is 2.46. The molecule has 3 heterocycles. The Kier molecular flexibility index (Phi) is 15.9. The number of halogens is 18. The largest absolute Gasteiger partial charge is 2.00 e. The van der Waals surface area contributed by atoms with Crippen LogP contribution in [0, 0.1) is 5.46 Å². The summed E-state index contributed by atoms with van der Waals surface area (Å²) in [6.45, 7) is 0. The molecule has 0 aliphatic rings. The molecule has 0 bridgehead atoms. The Hall–Kier alpha value is -3.94. The minimum absolute atomic E-state index is 0. The maximum absolute atomic E-state index is 10.7. The summed E-state index contributed by atoms with van der Waals surface area (Å²) in [4.78, 5) is 23.6. The van der Waals surface area contributed by atoms with Gasteiger partial charge in [-0.1, -0.05) is 18.2 Å². The third-order valence-corrected chi connectivity index (χ3v) is 3.94. The van der Waals surface area contributed by atoms with Crippen LogP contribution in [0.4, 0.5) is 86.9 Å². The normalized spacial score (nSPS) is 14.6. The Labute approximate surface area is 295 Å². The fourth-order valence-corrected chi connectivity index (χ4v) is 2.46. The summed E-state index contributed by atoms with van der Waals surface area (Å²) in [5.74, 6) is -1.00. The number of hydrogen-bond donors (Lipinski definition) is 3. The molecule has 0 aliphatic carbocycles. The number of nitrogens with two attached hydrogens (primary N) is 2. The Morgan fingerprint density at radius 2 is 0.830 bits per heavy atom. The minimum atomic E-state index is -10.7. The zero-order valence-electron chi connectivity index (χ0n) is 24.8. The van der Waals surface area contributed by atoms with Crippen molar-refractivity contribution in [3.63, 3.8) is 0 Å². The summed E-state index contributed by atoms with van der Waals surface area (Å²) >= 11 is 0. The van der Waals surface area contributed by atoms with Gasteiger partial charge in [0.2, 0.25) is 0 Å². The van der Waals surface area contributed by atoms with E-state index in [1.807, 2.05) is 54.6 Å². The molecule has 0 spiro atoms. The number of nitrogen functional groups attached to an aromatic ring is 2. The van der Waals surface area contributed by atoms with Crippen LogP contribution >= 0.6 is 23.4 Å². The van der Waals surface area contributed by atoms with E-state index in [0.717, 1.165) is 22.8 Å². The van der Waals surface area contributed by atoms with E-state index >= 15 is 0 Å². The van der Waals surface area contributed by atoms with Crippen molar-refractivity contribution < 1.29 is 110 Å². The number of carbonyl (C=O) groups is 1. The van der Waals surface area contributed by atoms with Gasteiger partial charge in [0.25, 0.3) is 0 Å². The number of nitrogens with zero attached hydrogens (tertiary/aromatic N) is 4. The molecule has 0 saturated carbocycles. The second kappa shape index (κ2) is 15.8. The van der Waals surface area contributed by atoms with E-state index in [1.165, 1.54) is 18.2 Å². The van der Waals surface area contributed by atoms with E-state index in [1.54, 1.807) is 12.4 Å². The molecule has 31 heteroatoms. The first-order valence-electron chi connectivity index (χ1n) is 12.0. The van der Waals surface area contributed by atoms with Crippen molar-refractivity contribution in [1.29, 1.82) is 5.46 Å². The molecule has 0 radical (unpaired) electrons. The van der Waals surface area contributed by atoms with Gasteiger partial charge in [-0.25, -0.2) is 9.78 Å². The predicted octanol–water partition coefficient (Wildman–Crippen LogP) is 13.8. The second-order valence-corrected chi connectivity index (χ2v) is 14.6. The topological polar surface area (TPSA) is 172 Å². The van der Waals surface area contributed by atoms with Crippen LogP contribution in [0.3, 0.4) is 0 Å². The molecular formula is C22H19F18N6O3P3Ru. The van der Waals surface area contributed by atoms with Crippen molar-refractivity contribution in [2.75, 3.05) is 11.5 Å². The van der Waals surface area contributed by atoms with Gasteiger partial charge < -0.3 is 16.6 Å². The van der Waals surface area contributed by atoms with Gasteiger partial charge in [-0.2, -0.15) is 0 Å². The first-order chi connectivity index (χ1) is 22.4. The summed E-state index contributed by atoms with van der Waals surface area (Å²) in [5.41, 5.74) is 20.8. The average molecular weight is 951 g/mol. The van der Waals surface area contributed by atoms with E-state index in [2.05, 4.69) is 15.0 Å². The molecule has 0 amide bonds. The van der Waals surface area contributed by atoms with Crippen LogP contribution in [-0.4, -0.2) is 26.0 Å². The van der Waals surface area contributed by atoms with Crippen molar-refractivity contribution >= 4 is 40.8 Å². The van der Waals surface area contributed by atoms with E-state index in [4.69, 9.17) is 26.8 Å². The molecule has 5 N–H and O–H groups in total. The molecule has 4 aromatic rings. The zero-order valence-corrected chi connectivity index (χ0v) is 29.2. The molecule has 0 unspecified atom stereocenters. The number of anilines is 2. The molecule has 4 rings (SSSR count). The smallest absolute Gasteiger partial charge is 0.478 e. The van der Waals surface area contributed by atoms with Crippen LogP contribution in [0.1, 0.15) is 10.4 Å². The minimum Gasteiger partial charge on any atom is -0.478 e. The van der Waals surface area contributed by atoms with Gasteiger partial charge in [-0.3, -0.25) is 9.97 Å². The maximum Gasteiger partial charge on any atom is 2.00 e. The van der Waals surface area contributed by atoms with E-state index in [9.17, 15) is 80.3 Å². The maximum atomic E-state index is 10.4. The monoisotopic (exact) mass is 952 g/mol. The molecule has 1 aromatic carbocycles. The fraction of sp³-hybridized carbons (Fsp3) is 0. The van der Waals surface area contributed by atoms with Gasteiger partial charge in [-0.05, 0) is 54.6 Å². The zero-order chi connectivity index (χ0) is 41.9. The van der Waals surface area contributed by atoms with Gasteiger partial charge in [0, 0.05) is 12.4 Å². The molecule has 0 saturated heterocycles. The molecule has 304 valence electrons. The number of benzene rings is 1. The molecule has 53 heavy (non-hydrogen) atoms. The van der Waals surface area contributed by atoms with E-state index in [0.29, 0.717) is 11.4 Å². The number of carboxylic acid groups (broad SMARTS) is 1. The van der Waals surface area contributed by atoms with Gasteiger partial charge in [-0.15, -0.1) is 0 Å². The van der Waals surface area contributed by atoms with Crippen molar-refractivity contribution in [3.8, 4) is 22.8 Å². The van der Waals surface area contributed by atoms with Crippen LogP contribution in [0.5, 0.6) is 0 Å². The summed E-state index contributed by atoms with van der Waals surface area (Å²) in [6.07, 6.45) is 3.54. The standard InChI is InChI=1S/C15H11N3.C7H8N2O2.3F6P.NO.Ru/c1-3-10-16-12(6-1)14-8-5-9-15(18-14)13-7-2-4-11-17-13;8-5-2-1-4(7(10)11)3-6(5)9;3*1-7(2,3,4,5)6;1-2;/h1-11H;1-3H,8-9H2,(H,10,11);;;;;/q;;3*-1;+1;+2. The Morgan fingerprint density at radius 1 is 0.528 bits per heavy atom. The van der Waals surface area contributed by atoms with E-state index < -0.39 is 29.4 Å². The number of rotatable bonds is 3. The van der Waals surface area contributed by atoms with Gasteiger partial charge in [0.1, 0.15) is 0 Å². The quantitative estimate of drug-likeness (QED) is 0.0599. The first-order valence-corrected chi connectivity index (χ1v) is 18.0. The molecule has 0 aliphatic heterocycles. The van der Waals surface area contributed by atoms with Gasteiger partial charge in [0.15, 0.2) is 0 Å². The van der Waals surface area contributed by atoms with Crippen LogP contribution in [0.15, 0.2) is 85.2 Å². The Morgan fingerprint density at radius 3 is 1.08 bits per heavy atom. The average Bonchev–Trinajstić information content (AvgIpc) is 2.92. The van der Waals surface area contributed by atoms with Crippen LogP contribution in [0.2, 0.25) is 0 Å². The van der Waals surface area contributed by atoms with Crippen LogP contribution < -0.4 is 11.5 Å². The third kappa shape index (κ3) is 46.0. The Balaban J connectivity index is -0.000000622. The number of pyridine rings is 3. The number of aromatic carboxylic acids is 1. The van der Waals surface area contributed by atoms with Crippen molar-refractivity contribution in [1.82, 2.24) is 15.0 Å². The summed E-state index contributed by atoms with van der Waals surface area (Å²) in [7, 11) is -32.0. The van der Waals surface area contributed by atoms with Crippen LogP contribution in [-0.2, 0) is 24.3 Å². The molecule has 3 aromatic heterocycles. The van der Waals surface area contributed by atoms with Crippen molar-refractivity contribution in [2.45, 2.75) is 0 Å². The number of aromatic nitrogens is 3. The first kappa shape index (κ1) is 53.4. The van der Waals surface area contributed by atoms with E-state index in [-0.39, 0.29) is 25.0 Å². The number of hydrogen-bond acceptors (Lipinski definition) is 7. The second-order valence-electron chi connectivity index (χ2n) is 8.86. The Bertz CT molecular complexity index is 1670. The SMILES string of the molecule is F[P-](F)(F)(F)(F)F.F[P-](F)(F)(F)(F)F.F[P-](F)(F)(F)(F)F.N#[O+].Nc1ccc(C(=O)O)cc1N.[Ru+2].c1ccc(-c2cccc(-c3ccccn3)n2)nc1. The summed E-state index contributed by atoms with van der Waals surface area (Å²) in [5, 5.41) is 8.50. The molecule has 0 atom stereocenters. The third-order valence-electron chi connectivity index (χ3n) is 3.94. The summed E-state index contributed by atoms with van der Waals surface area (Å²) < 4.78 is 185.